The first-order valence-electron chi connectivity index (χ1n) is 9.42. The van der Waals surface area contributed by atoms with Gasteiger partial charge in [-0.15, -0.1) is 0 Å². The van der Waals surface area contributed by atoms with E-state index < -0.39 is 0 Å². The minimum atomic E-state index is -0.382. The molecule has 0 N–H and O–H groups in total. The van der Waals surface area contributed by atoms with Crippen molar-refractivity contribution >= 4 is 22.4 Å². The number of hydrogen-bond donors (Lipinski definition) is 0. The fourth-order valence-corrected chi connectivity index (χ4v) is 3.28. The van der Waals surface area contributed by atoms with Crippen LogP contribution in [-0.2, 0) is 17.8 Å². The lowest BCUT2D eigenvalue weighted by atomic mass is 10.1. The highest BCUT2D eigenvalue weighted by Crippen LogP contribution is 2.17. The Bertz CT molecular complexity index is 1250. The summed E-state index contributed by atoms with van der Waals surface area (Å²) in [5.74, 6) is -0.714. The van der Waals surface area contributed by atoms with E-state index in [9.17, 15) is 14.0 Å². The zero-order chi connectivity index (χ0) is 21.1. The van der Waals surface area contributed by atoms with E-state index in [-0.39, 0.29) is 23.8 Å². The molecular formula is C23H19FN4O2. The van der Waals surface area contributed by atoms with Gasteiger partial charge in [0.1, 0.15) is 12.4 Å². The highest BCUT2D eigenvalue weighted by Gasteiger charge is 2.16. The number of likely N-dealkylation sites (N-methyl/N-ethyl adjacent to an activating group) is 1. The van der Waals surface area contributed by atoms with Gasteiger partial charge >= 0.3 is 0 Å². The minimum Gasteiger partial charge on any atom is -0.314 e. The summed E-state index contributed by atoms with van der Waals surface area (Å²) in [4.78, 5) is 31.1. The Kier molecular flexibility index (Phi) is 5.34. The van der Waals surface area contributed by atoms with Crippen molar-refractivity contribution in [3.8, 4) is 0 Å². The van der Waals surface area contributed by atoms with Crippen LogP contribution in [0.25, 0.3) is 10.8 Å². The number of carbonyl (C=O) groups excluding carboxylic acids is 1. The van der Waals surface area contributed by atoms with Crippen LogP contribution in [0.15, 0.2) is 77.9 Å². The van der Waals surface area contributed by atoms with Crippen LogP contribution in [0.2, 0.25) is 0 Å². The van der Waals surface area contributed by atoms with Gasteiger partial charge in [0, 0.05) is 36.9 Å². The summed E-state index contributed by atoms with van der Waals surface area (Å²) in [5, 5.41) is 5.77. The maximum absolute atomic E-state index is 13.2. The molecule has 2 heterocycles. The van der Waals surface area contributed by atoms with Crippen LogP contribution in [-0.4, -0.2) is 27.7 Å². The van der Waals surface area contributed by atoms with Crippen molar-refractivity contribution in [2.45, 2.75) is 13.0 Å². The van der Waals surface area contributed by atoms with E-state index in [0.717, 1.165) is 10.9 Å². The zero-order valence-corrected chi connectivity index (χ0v) is 16.3. The van der Waals surface area contributed by atoms with Crippen LogP contribution in [0.3, 0.4) is 0 Å². The summed E-state index contributed by atoms with van der Waals surface area (Å²) in [6.45, 7) is -0.221. The van der Waals surface area contributed by atoms with Gasteiger partial charge in [-0.1, -0.05) is 18.2 Å². The molecule has 0 radical (unpaired) electrons. The second kappa shape index (κ2) is 8.24. The summed E-state index contributed by atoms with van der Waals surface area (Å²) in [7, 11) is 1.58. The number of aromatic nitrogens is 3. The predicted molar refractivity (Wildman–Crippen MR) is 113 cm³/mol. The van der Waals surface area contributed by atoms with Crippen LogP contribution in [0.5, 0.6) is 0 Å². The van der Waals surface area contributed by atoms with Crippen molar-refractivity contribution in [1.82, 2.24) is 14.8 Å². The number of rotatable bonds is 5. The lowest BCUT2D eigenvalue weighted by Gasteiger charge is -2.18. The topological polar surface area (TPSA) is 68.1 Å². The number of benzene rings is 2. The van der Waals surface area contributed by atoms with E-state index in [1.54, 1.807) is 31.6 Å². The van der Waals surface area contributed by atoms with Crippen molar-refractivity contribution in [2.75, 3.05) is 11.9 Å². The lowest BCUT2D eigenvalue weighted by Crippen LogP contribution is -2.35. The molecule has 0 unspecified atom stereocenters. The maximum atomic E-state index is 13.2. The van der Waals surface area contributed by atoms with Crippen LogP contribution in [0, 0.1) is 5.82 Å². The molecule has 0 bridgehead atoms. The average molecular weight is 402 g/mol. The SMILES string of the molecule is CN(C(=O)Cn1nc(Cc2ccncc2)c2ccccc2c1=O)c1ccc(F)cc1. The molecule has 30 heavy (non-hydrogen) atoms. The van der Waals surface area contributed by atoms with Gasteiger partial charge in [-0.3, -0.25) is 14.6 Å². The first kappa shape index (κ1) is 19.4. The summed E-state index contributed by atoms with van der Waals surface area (Å²) >= 11 is 0. The third-order valence-corrected chi connectivity index (χ3v) is 4.94. The van der Waals surface area contributed by atoms with Crippen molar-refractivity contribution < 1.29 is 9.18 Å². The van der Waals surface area contributed by atoms with Gasteiger partial charge in [0.15, 0.2) is 0 Å². The molecule has 1 amide bonds. The predicted octanol–water partition coefficient (Wildman–Crippen LogP) is 3.18. The Labute approximate surface area is 172 Å². The summed E-state index contributed by atoms with van der Waals surface area (Å²) < 4.78 is 14.4. The molecule has 2 aromatic carbocycles. The molecule has 0 spiro atoms. The molecule has 0 saturated heterocycles. The standard InChI is InChI=1S/C23H19FN4O2/c1-27(18-8-6-17(24)7-9-18)22(29)15-28-23(30)20-5-3-2-4-19(20)21(26-28)14-16-10-12-25-13-11-16/h2-13H,14-15H2,1H3. The number of anilines is 1. The van der Waals surface area contributed by atoms with Gasteiger partial charge in [-0.05, 0) is 48.0 Å². The minimum absolute atomic E-state index is 0.221. The van der Waals surface area contributed by atoms with Crippen LogP contribution >= 0.6 is 0 Å². The summed E-state index contributed by atoms with van der Waals surface area (Å²) in [5.41, 5.74) is 1.91. The zero-order valence-electron chi connectivity index (χ0n) is 16.3. The van der Waals surface area contributed by atoms with E-state index in [1.165, 1.54) is 33.8 Å². The maximum Gasteiger partial charge on any atom is 0.275 e. The fourth-order valence-electron chi connectivity index (χ4n) is 3.28. The Balaban J connectivity index is 1.70. The third-order valence-electron chi connectivity index (χ3n) is 4.94. The van der Waals surface area contributed by atoms with Gasteiger partial charge in [-0.25, -0.2) is 9.07 Å². The monoisotopic (exact) mass is 402 g/mol. The van der Waals surface area contributed by atoms with E-state index in [0.29, 0.717) is 23.2 Å². The molecule has 0 aliphatic heterocycles. The average Bonchev–Trinajstić information content (AvgIpc) is 2.77. The van der Waals surface area contributed by atoms with Crippen molar-refractivity contribution in [2.24, 2.45) is 0 Å². The Hall–Kier alpha value is -3.87. The Morgan fingerprint density at radius 1 is 1.00 bits per heavy atom. The number of halogens is 1. The third kappa shape index (κ3) is 3.96. The first-order chi connectivity index (χ1) is 14.5. The van der Waals surface area contributed by atoms with Crippen molar-refractivity contribution in [1.29, 1.82) is 0 Å². The van der Waals surface area contributed by atoms with Crippen LogP contribution in [0.1, 0.15) is 11.3 Å². The van der Waals surface area contributed by atoms with Gasteiger partial charge in [0.25, 0.3) is 5.56 Å². The number of fused-ring (bicyclic) bond motifs is 1. The molecule has 6 nitrogen and oxygen atoms in total. The van der Waals surface area contributed by atoms with Crippen LogP contribution < -0.4 is 10.5 Å². The van der Waals surface area contributed by atoms with Gasteiger partial charge in [0.2, 0.25) is 5.91 Å². The molecule has 4 rings (SSSR count). The van der Waals surface area contributed by atoms with E-state index >= 15 is 0 Å². The van der Waals surface area contributed by atoms with E-state index in [2.05, 4.69) is 10.1 Å². The molecule has 0 atom stereocenters. The lowest BCUT2D eigenvalue weighted by molar-refractivity contribution is -0.119. The highest BCUT2D eigenvalue weighted by atomic mass is 19.1. The Morgan fingerprint density at radius 2 is 1.67 bits per heavy atom. The van der Waals surface area contributed by atoms with E-state index in [4.69, 9.17) is 0 Å². The highest BCUT2D eigenvalue weighted by molar-refractivity contribution is 5.92. The molecule has 2 aromatic heterocycles. The molecule has 150 valence electrons. The number of hydrogen-bond acceptors (Lipinski definition) is 4. The molecule has 0 saturated carbocycles. The number of nitrogens with zero attached hydrogens (tertiary/aromatic N) is 4. The molecule has 7 heteroatoms. The van der Waals surface area contributed by atoms with Crippen molar-refractivity contribution in [3.63, 3.8) is 0 Å². The number of carbonyl (C=O) groups is 1. The molecule has 0 fully saturated rings. The fraction of sp³-hybridized carbons (Fsp3) is 0.130. The largest absolute Gasteiger partial charge is 0.314 e. The quantitative estimate of drug-likeness (QED) is 0.514. The second-order valence-corrected chi connectivity index (χ2v) is 6.92. The van der Waals surface area contributed by atoms with Crippen LogP contribution in [0.4, 0.5) is 10.1 Å². The Morgan fingerprint density at radius 3 is 2.37 bits per heavy atom. The van der Waals surface area contributed by atoms with Gasteiger partial charge < -0.3 is 4.90 Å². The summed E-state index contributed by atoms with van der Waals surface area (Å²) in [6.07, 6.45) is 3.91. The summed E-state index contributed by atoms with van der Waals surface area (Å²) in [6, 6.07) is 16.6. The normalized spacial score (nSPS) is 10.9. The van der Waals surface area contributed by atoms with Gasteiger partial charge in [-0.2, -0.15) is 5.10 Å². The van der Waals surface area contributed by atoms with Crippen molar-refractivity contribution in [3.05, 3.63) is 100 Å². The molecule has 0 aliphatic rings. The van der Waals surface area contributed by atoms with Gasteiger partial charge in [0.05, 0.1) is 11.1 Å². The molecule has 0 aliphatic carbocycles. The second-order valence-electron chi connectivity index (χ2n) is 6.92. The van der Waals surface area contributed by atoms with E-state index in [1.807, 2.05) is 24.3 Å². The number of amides is 1. The number of pyridine rings is 1. The molecular weight excluding hydrogens is 383 g/mol. The smallest absolute Gasteiger partial charge is 0.275 e. The first-order valence-corrected chi connectivity index (χ1v) is 9.42. The molecule has 4 aromatic rings.